The maximum absolute atomic E-state index is 2.49. The number of anilines is 3. The molecule has 258 valence electrons. The summed E-state index contributed by atoms with van der Waals surface area (Å²) in [4.78, 5) is 2.49. The standard InChI is InChI=1S/C52H33NS2/c1-2-13-35-30-39(27-26-34(35)12-1)37-15-9-14-36(31-37)38-16-10-17-41(32-38)53(47-22-11-25-50-52(47)45-20-5-8-24-49(45)54-50)46-21-6-3-18-42(46)40-28-29-44-43-19-4-7-23-48(43)55-51(44)33-40/h1-33H. The van der Waals surface area contributed by atoms with Gasteiger partial charge in [0.15, 0.2) is 0 Å². The molecule has 0 spiro atoms. The molecule has 0 radical (unpaired) electrons. The fourth-order valence-corrected chi connectivity index (χ4v) is 10.5. The van der Waals surface area contributed by atoms with Crippen LogP contribution < -0.4 is 4.90 Å². The van der Waals surface area contributed by atoms with Crippen LogP contribution in [0, 0.1) is 0 Å². The topological polar surface area (TPSA) is 3.24 Å². The molecule has 0 amide bonds. The Morgan fingerprint density at radius 3 is 1.76 bits per heavy atom. The Hall–Kier alpha value is -6.52. The maximum atomic E-state index is 2.49. The molecule has 3 heteroatoms. The van der Waals surface area contributed by atoms with Crippen LogP contribution in [0.25, 0.3) is 84.5 Å². The SMILES string of the molecule is c1cc(-c2cccc(N(c3ccccc3-c3ccc4c(c3)sc3ccccc34)c3cccc4sc5ccccc5c34)c2)cc(-c2ccc3ccccc3c2)c1. The van der Waals surface area contributed by atoms with Gasteiger partial charge in [-0.25, -0.2) is 0 Å². The molecule has 0 unspecified atom stereocenters. The number of hydrogen-bond acceptors (Lipinski definition) is 3. The molecule has 11 rings (SSSR count). The smallest absolute Gasteiger partial charge is 0.0555 e. The third-order valence-corrected chi connectivity index (χ3v) is 13.1. The molecule has 0 aliphatic carbocycles. The summed E-state index contributed by atoms with van der Waals surface area (Å²) in [5, 5.41) is 7.71. The zero-order valence-electron chi connectivity index (χ0n) is 29.8. The molecule has 2 heterocycles. The normalized spacial score (nSPS) is 11.6. The third-order valence-electron chi connectivity index (χ3n) is 10.8. The Morgan fingerprint density at radius 1 is 0.309 bits per heavy atom. The van der Waals surface area contributed by atoms with E-state index in [2.05, 4.69) is 205 Å². The Kier molecular flexibility index (Phi) is 7.61. The van der Waals surface area contributed by atoms with E-state index in [1.807, 2.05) is 22.7 Å². The molecule has 1 nitrogen and oxygen atoms in total. The van der Waals surface area contributed by atoms with Crippen molar-refractivity contribution in [3.63, 3.8) is 0 Å². The van der Waals surface area contributed by atoms with E-state index in [9.17, 15) is 0 Å². The number of rotatable bonds is 6. The lowest BCUT2D eigenvalue weighted by atomic mass is 9.96. The Morgan fingerprint density at radius 2 is 0.891 bits per heavy atom. The van der Waals surface area contributed by atoms with E-state index in [1.54, 1.807) is 0 Å². The number of fused-ring (bicyclic) bond motifs is 7. The summed E-state index contributed by atoms with van der Waals surface area (Å²) in [5.41, 5.74) is 10.6. The fourth-order valence-electron chi connectivity index (χ4n) is 8.23. The van der Waals surface area contributed by atoms with Crippen molar-refractivity contribution in [1.29, 1.82) is 0 Å². The highest BCUT2D eigenvalue weighted by Crippen LogP contribution is 2.48. The summed E-state index contributed by atoms with van der Waals surface area (Å²) in [6.45, 7) is 0. The van der Waals surface area contributed by atoms with Gasteiger partial charge in [0.2, 0.25) is 0 Å². The van der Waals surface area contributed by atoms with Gasteiger partial charge in [-0.05, 0) is 99.3 Å². The molecule has 0 saturated heterocycles. The lowest BCUT2D eigenvalue weighted by Crippen LogP contribution is -2.11. The number of para-hydroxylation sites is 1. The molecule has 0 N–H and O–H groups in total. The van der Waals surface area contributed by atoms with E-state index in [1.165, 1.54) is 90.2 Å². The quantitative estimate of drug-likeness (QED) is 0.164. The van der Waals surface area contributed by atoms with Gasteiger partial charge in [0.1, 0.15) is 0 Å². The molecular formula is C52H33NS2. The molecule has 11 aromatic rings. The van der Waals surface area contributed by atoms with Crippen molar-refractivity contribution in [3.8, 4) is 33.4 Å². The van der Waals surface area contributed by atoms with Gasteiger partial charge in [-0.2, -0.15) is 0 Å². The largest absolute Gasteiger partial charge is 0.309 e. The van der Waals surface area contributed by atoms with Gasteiger partial charge < -0.3 is 4.90 Å². The monoisotopic (exact) mass is 735 g/mol. The van der Waals surface area contributed by atoms with Gasteiger partial charge in [0.25, 0.3) is 0 Å². The van der Waals surface area contributed by atoms with Crippen LogP contribution in [-0.2, 0) is 0 Å². The highest BCUT2D eigenvalue weighted by molar-refractivity contribution is 7.26. The van der Waals surface area contributed by atoms with Gasteiger partial charge in [-0.15, -0.1) is 22.7 Å². The second kappa shape index (κ2) is 13.1. The molecule has 0 saturated carbocycles. The maximum Gasteiger partial charge on any atom is 0.0555 e. The lowest BCUT2D eigenvalue weighted by molar-refractivity contribution is 1.30. The van der Waals surface area contributed by atoms with Gasteiger partial charge in [0.05, 0.1) is 11.4 Å². The van der Waals surface area contributed by atoms with Crippen LogP contribution in [0.4, 0.5) is 17.1 Å². The second-order valence-electron chi connectivity index (χ2n) is 14.1. The minimum absolute atomic E-state index is 1.12. The zero-order chi connectivity index (χ0) is 36.3. The summed E-state index contributed by atoms with van der Waals surface area (Å²) in [5.74, 6) is 0. The van der Waals surface area contributed by atoms with E-state index >= 15 is 0 Å². The van der Waals surface area contributed by atoms with Crippen molar-refractivity contribution in [3.05, 3.63) is 200 Å². The molecule has 0 atom stereocenters. The summed E-state index contributed by atoms with van der Waals surface area (Å²) < 4.78 is 5.21. The highest BCUT2D eigenvalue weighted by atomic mass is 32.1. The first-order valence-electron chi connectivity index (χ1n) is 18.7. The van der Waals surface area contributed by atoms with Gasteiger partial charge in [-0.3, -0.25) is 0 Å². The Balaban J connectivity index is 1.10. The molecule has 55 heavy (non-hydrogen) atoms. The summed E-state index contributed by atoms with van der Waals surface area (Å²) in [7, 11) is 0. The van der Waals surface area contributed by atoms with Crippen molar-refractivity contribution in [2.45, 2.75) is 0 Å². The van der Waals surface area contributed by atoms with Crippen LogP contribution >= 0.6 is 22.7 Å². The van der Waals surface area contributed by atoms with Gasteiger partial charge in [-0.1, -0.05) is 140 Å². The van der Waals surface area contributed by atoms with E-state index in [-0.39, 0.29) is 0 Å². The van der Waals surface area contributed by atoms with E-state index in [0.29, 0.717) is 0 Å². The first kappa shape index (κ1) is 32.0. The fraction of sp³-hybridized carbons (Fsp3) is 0. The average Bonchev–Trinajstić information content (AvgIpc) is 3.82. The minimum atomic E-state index is 1.12. The van der Waals surface area contributed by atoms with E-state index in [0.717, 1.165) is 11.4 Å². The van der Waals surface area contributed by atoms with Crippen molar-refractivity contribution in [1.82, 2.24) is 0 Å². The van der Waals surface area contributed by atoms with Crippen molar-refractivity contribution >= 4 is 90.9 Å². The summed E-state index contributed by atoms with van der Waals surface area (Å²) >= 11 is 3.73. The molecular weight excluding hydrogens is 703 g/mol. The average molecular weight is 736 g/mol. The van der Waals surface area contributed by atoms with Gasteiger partial charge >= 0.3 is 0 Å². The molecule has 0 bridgehead atoms. The number of thiophene rings is 2. The van der Waals surface area contributed by atoms with Crippen LogP contribution in [0.2, 0.25) is 0 Å². The first-order valence-corrected chi connectivity index (χ1v) is 20.3. The first-order chi connectivity index (χ1) is 27.2. The summed E-state index contributed by atoms with van der Waals surface area (Å²) in [6.07, 6.45) is 0. The number of nitrogens with zero attached hydrogens (tertiary/aromatic N) is 1. The van der Waals surface area contributed by atoms with E-state index < -0.39 is 0 Å². The van der Waals surface area contributed by atoms with E-state index in [4.69, 9.17) is 0 Å². The van der Waals surface area contributed by atoms with Crippen LogP contribution in [0.3, 0.4) is 0 Å². The Bertz CT molecular complexity index is 3240. The predicted octanol–water partition coefficient (Wildman–Crippen LogP) is 16.0. The Labute approximate surface area is 327 Å². The van der Waals surface area contributed by atoms with Crippen molar-refractivity contribution < 1.29 is 0 Å². The van der Waals surface area contributed by atoms with Crippen molar-refractivity contribution in [2.75, 3.05) is 4.90 Å². The second-order valence-corrected chi connectivity index (χ2v) is 16.3. The van der Waals surface area contributed by atoms with Gasteiger partial charge in [0, 0.05) is 51.6 Å². The zero-order valence-corrected chi connectivity index (χ0v) is 31.4. The lowest BCUT2D eigenvalue weighted by Gasteiger charge is -2.29. The molecule has 0 fully saturated rings. The third kappa shape index (κ3) is 5.51. The van der Waals surface area contributed by atoms with Crippen molar-refractivity contribution in [2.24, 2.45) is 0 Å². The number of benzene rings is 9. The summed E-state index contributed by atoms with van der Waals surface area (Å²) in [6, 6.07) is 73.6. The van der Waals surface area contributed by atoms with Crippen LogP contribution in [0.15, 0.2) is 200 Å². The van der Waals surface area contributed by atoms with Crippen LogP contribution in [0.1, 0.15) is 0 Å². The molecule has 0 aliphatic rings. The minimum Gasteiger partial charge on any atom is -0.309 e. The van der Waals surface area contributed by atoms with Crippen LogP contribution in [-0.4, -0.2) is 0 Å². The molecule has 0 aliphatic heterocycles. The predicted molar refractivity (Wildman–Crippen MR) is 241 cm³/mol. The molecule has 2 aromatic heterocycles. The molecule has 9 aromatic carbocycles. The van der Waals surface area contributed by atoms with Crippen LogP contribution in [0.5, 0.6) is 0 Å². The highest BCUT2D eigenvalue weighted by Gasteiger charge is 2.22. The number of hydrogen-bond donors (Lipinski definition) is 0.